The maximum absolute atomic E-state index is 10.5. The van der Waals surface area contributed by atoms with E-state index in [2.05, 4.69) is 9.68 Å². The Bertz CT molecular complexity index is 400. The van der Waals surface area contributed by atoms with Crippen molar-refractivity contribution < 1.29 is 19.8 Å². The molecule has 0 amide bonds. The average Bonchev–Trinajstić information content (AvgIpc) is 2.89. The van der Waals surface area contributed by atoms with Gasteiger partial charge in [-0.1, -0.05) is 28.0 Å². The average molecular weight is 356 g/mol. The molecule has 2 rings (SSSR count). The first-order valence-electron chi connectivity index (χ1n) is 6.37. The van der Waals surface area contributed by atoms with Crippen LogP contribution in [-0.4, -0.2) is 40.1 Å². The predicted octanol–water partition coefficient (Wildman–Crippen LogP) is 2.25. The summed E-state index contributed by atoms with van der Waals surface area (Å²) < 4.78 is 0. The summed E-state index contributed by atoms with van der Waals surface area (Å²) in [6.07, 6.45) is 2.38. The topological polar surface area (TPSA) is 105 Å². The minimum Gasteiger partial charge on any atom is -0.313 e. The Hall–Kier alpha value is -0.550. The third-order valence-corrected chi connectivity index (χ3v) is 8.06. The normalized spacial score (nSPS) is 26.4. The summed E-state index contributed by atoms with van der Waals surface area (Å²) in [4.78, 5) is 30.1. The van der Waals surface area contributed by atoms with E-state index in [1.165, 1.54) is 0 Å². The van der Waals surface area contributed by atoms with E-state index in [-0.39, 0.29) is 23.9 Å². The van der Waals surface area contributed by atoms with Crippen molar-refractivity contribution in [3.63, 3.8) is 0 Å². The number of rotatable bonds is 6. The van der Waals surface area contributed by atoms with Crippen molar-refractivity contribution in [1.82, 2.24) is 0 Å². The number of hydrogen-bond donors (Lipinski definition) is 1. The van der Waals surface area contributed by atoms with Crippen LogP contribution in [0.2, 0.25) is 0 Å². The van der Waals surface area contributed by atoms with Gasteiger partial charge in [0, 0.05) is 27.6 Å². The third-order valence-electron chi connectivity index (χ3n) is 4.20. The van der Waals surface area contributed by atoms with Gasteiger partial charge >= 0.3 is 0 Å². The second-order valence-electron chi connectivity index (χ2n) is 5.50. The van der Waals surface area contributed by atoms with Crippen LogP contribution in [0.25, 0.3) is 0 Å². The van der Waals surface area contributed by atoms with E-state index < -0.39 is 15.6 Å². The molecule has 1 unspecified atom stereocenters. The largest absolute Gasteiger partial charge is 0.313 e. The molecular formula is C10H16N2O6S3. The second-order valence-corrected chi connectivity index (χ2v) is 8.48. The number of thiol groups is 1. The molecule has 0 radical (unpaired) electrons. The van der Waals surface area contributed by atoms with E-state index in [1.807, 2.05) is 0 Å². The van der Waals surface area contributed by atoms with Crippen LogP contribution in [0.3, 0.4) is 0 Å². The van der Waals surface area contributed by atoms with Crippen LogP contribution in [0.15, 0.2) is 0 Å². The summed E-state index contributed by atoms with van der Waals surface area (Å²) in [5.74, 6) is 1.79. The lowest BCUT2D eigenvalue weighted by Crippen LogP contribution is -2.54. The van der Waals surface area contributed by atoms with Gasteiger partial charge in [0.2, 0.25) is 0 Å². The molecule has 2 aliphatic rings. The minimum absolute atomic E-state index is 0.0728. The van der Waals surface area contributed by atoms with Crippen molar-refractivity contribution in [3.8, 4) is 0 Å². The molecule has 1 aliphatic heterocycles. The monoisotopic (exact) mass is 356 g/mol. The second kappa shape index (κ2) is 6.69. The van der Waals surface area contributed by atoms with Gasteiger partial charge in [0.1, 0.15) is 13.2 Å². The van der Waals surface area contributed by atoms with Gasteiger partial charge in [0.05, 0.1) is 0 Å². The molecule has 1 saturated heterocycles. The lowest BCUT2D eigenvalue weighted by Gasteiger charge is -2.50. The summed E-state index contributed by atoms with van der Waals surface area (Å²) in [6, 6.07) is 0. The highest BCUT2D eigenvalue weighted by Gasteiger charge is 2.54. The fourth-order valence-corrected chi connectivity index (χ4v) is 7.42. The maximum Gasteiger partial charge on any atom is 0.294 e. The molecule has 1 saturated carbocycles. The maximum atomic E-state index is 10.5. The highest BCUT2D eigenvalue weighted by Crippen LogP contribution is 2.58. The minimum atomic E-state index is -0.867. The zero-order valence-corrected chi connectivity index (χ0v) is 13.7. The fourth-order valence-electron chi connectivity index (χ4n) is 3.08. The Balaban J connectivity index is 2.19. The van der Waals surface area contributed by atoms with Gasteiger partial charge < -0.3 is 9.68 Å². The van der Waals surface area contributed by atoms with Gasteiger partial charge in [-0.05, 0) is 12.8 Å². The fraction of sp³-hybridized carbons (Fsp3) is 1.00. The van der Waals surface area contributed by atoms with Gasteiger partial charge in [-0.25, -0.2) is 0 Å². The first-order valence-corrected chi connectivity index (χ1v) is 9.38. The van der Waals surface area contributed by atoms with Gasteiger partial charge in [-0.15, -0.1) is 20.2 Å². The van der Waals surface area contributed by atoms with Crippen molar-refractivity contribution in [2.75, 3.05) is 24.7 Å². The summed E-state index contributed by atoms with van der Waals surface area (Å²) >= 11 is 4.70. The lowest BCUT2D eigenvalue weighted by atomic mass is 9.63. The Morgan fingerprint density at radius 1 is 1.10 bits per heavy atom. The third kappa shape index (κ3) is 3.62. The van der Waals surface area contributed by atoms with Crippen LogP contribution < -0.4 is 0 Å². The van der Waals surface area contributed by atoms with Crippen LogP contribution in [0.1, 0.15) is 19.3 Å². The van der Waals surface area contributed by atoms with Gasteiger partial charge in [-0.3, -0.25) is 0 Å². The first kappa shape index (κ1) is 16.8. The molecule has 2 fully saturated rings. The molecule has 0 N–H and O–H groups in total. The molecule has 1 spiro atoms. The van der Waals surface area contributed by atoms with Gasteiger partial charge in [0.15, 0.2) is 0 Å². The van der Waals surface area contributed by atoms with Crippen molar-refractivity contribution in [2.45, 2.75) is 24.5 Å². The zero-order valence-electron chi connectivity index (χ0n) is 11.1. The summed E-state index contributed by atoms with van der Waals surface area (Å²) in [7, 11) is 3.50. The van der Waals surface area contributed by atoms with Crippen molar-refractivity contribution in [2.24, 2.45) is 10.8 Å². The standard InChI is InChI=1S/C10H16N2O6S3/c13-11(14)17-4-9(5-18-12(15)16)2-1-3-10(8(9)19)6-20-21-7-10/h8,19H,1-7H2. The van der Waals surface area contributed by atoms with Crippen molar-refractivity contribution in [3.05, 3.63) is 20.2 Å². The Morgan fingerprint density at radius 2 is 1.62 bits per heavy atom. The molecule has 11 heteroatoms. The smallest absolute Gasteiger partial charge is 0.294 e. The highest BCUT2D eigenvalue weighted by atomic mass is 33.1. The summed E-state index contributed by atoms with van der Waals surface area (Å²) in [5.41, 5.74) is -0.885. The SMILES string of the molecule is O=[N+]([O-])OCC1(CO[N+](=O)[O-])CCCC2(CSSC2)C1S. The van der Waals surface area contributed by atoms with E-state index >= 15 is 0 Å². The lowest BCUT2D eigenvalue weighted by molar-refractivity contribution is -0.772. The molecule has 120 valence electrons. The quantitative estimate of drug-likeness (QED) is 0.334. The predicted molar refractivity (Wildman–Crippen MR) is 82.3 cm³/mol. The first-order chi connectivity index (χ1) is 9.90. The molecular weight excluding hydrogens is 340 g/mol. The molecule has 8 nitrogen and oxygen atoms in total. The Morgan fingerprint density at radius 3 is 2.10 bits per heavy atom. The Labute approximate surface area is 134 Å². The van der Waals surface area contributed by atoms with Crippen molar-refractivity contribution in [1.29, 1.82) is 0 Å². The molecule has 0 bridgehead atoms. The molecule has 1 atom stereocenters. The molecule has 0 aromatic carbocycles. The van der Waals surface area contributed by atoms with Crippen LogP contribution in [0.4, 0.5) is 0 Å². The van der Waals surface area contributed by atoms with Gasteiger partial charge in [0.25, 0.3) is 10.2 Å². The summed E-state index contributed by atoms with van der Waals surface area (Å²) in [6.45, 7) is -0.446. The van der Waals surface area contributed by atoms with E-state index in [9.17, 15) is 20.2 Å². The Kier molecular flexibility index (Phi) is 5.36. The highest BCUT2D eigenvalue weighted by molar-refractivity contribution is 8.77. The van der Waals surface area contributed by atoms with E-state index in [0.717, 1.165) is 24.3 Å². The molecule has 21 heavy (non-hydrogen) atoms. The van der Waals surface area contributed by atoms with E-state index in [0.29, 0.717) is 6.42 Å². The molecule has 0 aromatic rings. The van der Waals surface area contributed by atoms with Crippen LogP contribution >= 0.6 is 34.2 Å². The van der Waals surface area contributed by atoms with Crippen LogP contribution in [0, 0.1) is 31.1 Å². The van der Waals surface area contributed by atoms with Crippen LogP contribution in [0.5, 0.6) is 0 Å². The number of hydrogen-bond acceptors (Lipinski definition) is 9. The zero-order chi connectivity index (χ0) is 15.5. The number of nitrogens with zero attached hydrogens (tertiary/aromatic N) is 2. The van der Waals surface area contributed by atoms with E-state index in [1.54, 1.807) is 21.6 Å². The summed E-state index contributed by atoms with van der Waals surface area (Å²) in [5, 5.41) is 19.1. The molecule has 1 aliphatic carbocycles. The molecule has 0 aromatic heterocycles. The molecule has 1 heterocycles. The van der Waals surface area contributed by atoms with Gasteiger partial charge in [-0.2, -0.15) is 12.6 Å². The van der Waals surface area contributed by atoms with Crippen LogP contribution in [-0.2, 0) is 9.68 Å². The van der Waals surface area contributed by atoms with E-state index in [4.69, 9.17) is 12.6 Å². The van der Waals surface area contributed by atoms with Crippen molar-refractivity contribution >= 4 is 34.2 Å².